The van der Waals surface area contributed by atoms with Crippen LogP contribution < -0.4 is 16.4 Å². The number of carbonyl (C=O) groups excluding carboxylic acids is 1. The number of nitrogens with one attached hydrogen (secondary N) is 2. The van der Waals surface area contributed by atoms with Gasteiger partial charge in [0.1, 0.15) is 12.1 Å². The van der Waals surface area contributed by atoms with Crippen LogP contribution in [-0.2, 0) is 16.0 Å². The molecular weight excluding hydrogens is 310 g/mol. The van der Waals surface area contributed by atoms with Crippen molar-refractivity contribution in [3.8, 4) is 0 Å². The van der Waals surface area contributed by atoms with Gasteiger partial charge in [-0.3, -0.25) is 4.79 Å². The van der Waals surface area contributed by atoms with Crippen molar-refractivity contribution in [1.82, 2.24) is 10.6 Å². The van der Waals surface area contributed by atoms with E-state index in [1.165, 1.54) is 0 Å². The van der Waals surface area contributed by atoms with Gasteiger partial charge in [0.05, 0.1) is 0 Å². The third kappa shape index (κ3) is 5.02. The van der Waals surface area contributed by atoms with Crippen LogP contribution in [0.25, 0.3) is 0 Å². The van der Waals surface area contributed by atoms with E-state index in [-0.39, 0.29) is 5.92 Å². The van der Waals surface area contributed by atoms with Crippen LogP contribution in [0.3, 0.4) is 0 Å². The Labute approximate surface area is 141 Å². The molecule has 0 bridgehead atoms. The average Bonchev–Trinajstić information content (AvgIpc) is 2.60. The summed E-state index contributed by atoms with van der Waals surface area (Å²) < 4.78 is 0. The van der Waals surface area contributed by atoms with Crippen LogP contribution in [-0.4, -0.2) is 53.4 Å². The van der Waals surface area contributed by atoms with Crippen molar-refractivity contribution in [2.45, 2.75) is 37.5 Å². The van der Waals surface area contributed by atoms with Gasteiger partial charge in [-0.1, -0.05) is 30.3 Å². The predicted octanol–water partition coefficient (Wildman–Crippen LogP) is -0.514. The number of piperidine rings is 1. The van der Waals surface area contributed by atoms with E-state index < -0.39 is 30.1 Å². The number of carboxylic acids is 1. The van der Waals surface area contributed by atoms with Crippen molar-refractivity contribution in [3.05, 3.63) is 35.9 Å². The predicted molar refractivity (Wildman–Crippen MR) is 89.3 cm³/mol. The van der Waals surface area contributed by atoms with Gasteiger partial charge < -0.3 is 26.6 Å². The second kappa shape index (κ2) is 8.77. The molecule has 0 radical (unpaired) electrons. The van der Waals surface area contributed by atoms with E-state index in [0.717, 1.165) is 18.7 Å². The van der Waals surface area contributed by atoms with Crippen molar-refractivity contribution in [1.29, 1.82) is 0 Å². The maximum Gasteiger partial charge on any atom is 0.326 e. The zero-order chi connectivity index (χ0) is 17.5. The Balaban J connectivity index is 1.94. The molecule has 2 rings (SSSR count). The number of hydrogen-bond donors (Lipinski definition) is 5. The molecule has 1 aromatic rings. The third-order valence-electron chi connectivity index (χ3n) is 4.41. The van der Waals surface area contributed by atoms with E-state index in [1.807, 2.05) is 30.3 Å². The zero-order valence-corrected chi connectivity index (χ0v) is 13.5. The van der Waals surface area contributed by atoms with E-state index in [0.29, 0.717) is 19.3 Å². The van der Waals surface area contributed by atoms with Gasteiger partial charge in [0, 0.05) is 6.04 Å². The van der Waals surface area contributed by atoms with Gasteiger partial charge in [0.2, 0.25) is 0 Å². The van der Waals surface area contributed by atoms with Gasteiger partial charge in [-0.25, -0.2) is 4.79 Å². The van der Waals surface area contributed by atoms with E-state index in [9.17, 15) is 19.8 Å². The number of benzene rings is 1. The fourth-order valence-corrected chi connectivity index (χ4v) is 2.99. The minimum Gasteiger partial charge on any atom is -0.480 e. The molecule has 0 aliphatic carbocycles. The van der Waals surface area contributed by atoms with Gasteiger partial charge in [0.15, 0.2) is 0 Å². The number of amides is 1. The molecule has 1 unspecified atom stereocenters. The first-order valence-corrected chi connectivity index (χ1v) is 8.20. The van der Waals surface area contributed by atoms with E-state index in [2.05, 4.69) is 10.6 Å². The lowest BCUT2D eigenvalue weighted by atomic mass is 9.90. The zero-order valence-electron chi connectivity index (χ0n) is 13.5. The Morgan fingerprint density at radius 2 is 1.88 bits per heavy atom. The number of nitrogens with two attached hydrogens (primary N) is 1. The number of aliphatic hydroxyl groups excluding tert-OH is 1. The van der Waals surface area contributed by atoms with E-state index >= 15 is 0 Å². The molecule has 7 nitrogen and oxygen atoms in total. The monoisotopic (exact) mass is 335 g/mol. The molecule has 1 aliphatic heterocycles. The molecule has 0 spiro atoms. The number of aliphatic carboxylic acids is 1. The third-order valence-corrected chi connectivity index (χ3v) is 4.41. The van der Waals surface area contributed by atoms with Crippen molar-refractivity contribution in [2.24, 2.45) is 11.7 Å². The highest BCUT2D eigenvalue weighted by Gasteiger charge is 2.33. The molecule has 0 saturated carbocycles. The molecule has 3 atom stereocenters. The summed E-state index contributed by atoms with van der Waals surface area (Å²) in [6, 6.07) is 7.50. The van der Waals surface area contributed by atoms with Crippen LogP contribution in [0.15, 0.2) is 30.3 Å². The summed E-state index contributed by atoms with van der Waals surface area (Å²) in [4.78, 5) is 23.7. The summed E-state index contributed by atoms with van der Waals surface area (Å²) in [7, 11) is 0. The number of carboxylic acid groups (broad SMARTS) is 1. The van der Waals surface area contributed by atoms with Crippen LogP contribution in [0.1, 0.15) is 18.4 Å². The summed E-state index contributed by atoms with van der Waals surface area (Å²) in [5.74, 6) is -1.96. The average molecular weight is 335 g/mol. The standard InChI is InChI=1S/C17H25N3O4/c18-13(10-11-4-2-1-3-5-11)15(21)16(22)20-14(17(23)24)12-6-8-19-9-7-12/h1-5,12-15,19,21H,6-10,18H2,(H,20,22)(H,23,24)/t13-,14?,15+/m1/s1. The van der Waals surface area contributed by atoms with E-state index in [4.69, 9.17) is 5.73 Å². The molecule has 7 heteroatoms. The molecule has 1 aliphatic rings. The molecule has 1 aromatic carbocycles. The minimum absolute atomic E-state index is 0.148. The van der Waals surface area contributed by atoms with Gasteiger partial charge in [-0.15, -0.1) is 0 Å². The first-order chi connectivity index (χ1) is 11.5. The lowest BCUT2D eigenvalue weighted by molar-refractivity contribution is -0.145. The highest BCUT2D eigenvalue weighted by molar-refractivity contribution is 5.86. The lowest BCUT2D eigenvalue weighted by Gasteiger charge is -2.29. The number of rotatable bonds is 7. The Morgan fingerprint density at radius 1 is 1.25 bits per heavy atom. The van der Waals surface area contributed by atoms with Gasteiger partial charge >= 0.3 is 5.97 Å². The molecule has 0 aromatic heterocycles. The van der Waals surface area contributed by atoms with Crippen molar-refractivity contribution >= 4 is 11.9 Å². The largest absolute Gasteiger partial charge is 0.480 e. The maximum atomic E-state index is 12.2. The van der Waals surface area contributed by atoms with Gasteiger partial charge in [0.25, 0.3) is 5.91 Å². The molecule has 24 heavy (non-hydrogen) atoms. The fourth-order valence-electron chi connectivity index (χ4n) is 2.99. The maximum absolute atomic E-state index is 12.2. The normalized spacial score (nSPS) is 19.2. The minimum atomic E-state index is -1.45. The molecule has 1 saturated heterocycles. The summed E-state index contributed by atoms with van der Waals surface area (Å²) in [5.41, 5.74) is 6.82. The first-order valence-electron chi connectivity index (χ1n) is 8.20. The Morgan fingerprint density at radius 3 is 2.46 bits per heavy atom. The topological polar surface area (TPSA) is 125 Å². The second-order valence-corrected chi connectivity index (χ2v) is 6.21. The summed E-state index contributed by atoms with van der Waals surface area (Å²) in [6.07, 6.45) is 0.224. The van der Waals surface area contributed by atoms with Gasteiger partial charge in [-0.2, -0.15) is 0 Å². The first kappa shape index (κ1) is 18.4. The number of aliphatic hydroxyl groups is 1. The van der Waals surface area contributed by atoms with Crippen molar-refractivity contribution in [2.75, 3.05) is 13.1 Å². The van der Waals surface area contributed by atoms with Crippen LogP contribution >= 0.6 is 0 Å². The highest BCUT2D eigenvalue weighted by Crippen LogP contribution is 2.17. The van der Waals surface area contributed by atoms with Crippen LogP contribution in [0, 0.1) is 5.92 Å². The fraction of sp³-hybridized carbons (Fsp3) is 0.529. The van der Waals surface area contributed by atoms with Crippen LogP contribution in [0.2, 0.25) is 0 Å². The smallest absolute Gasteiger partial charge is 0.326 e. The molecule has 1 fully saturated rings. The molecule has 132 valence electrons. The lowest BCUT2D eigenvalue weighted by Crippen LogP contribution is -2.55. The summed E-state index contributed by atoms with van der Waals surface area (Å²) >= 11 is 0. The Hall–Kier alpha value is -1.96. The van der Waals surface area contributed by atoms with Gasteiger partial charge in [-0.05, 0) is 43.8 Å². The quantitative estimate of drug-likeness (QED) is 0.457. The molecular formula is C17H25N3O4. The Kier molecular flexibility index (Phi) is 6.72. The summed E-state index contributed by atoms with van der Waals surface area (Å²) in [6.45, 7) is 1.45. The highest BCUT2D eigenvalue weighted by atomic mass is 16.4. The number of hydrogen-bond acceptors (Lipinski definition) is 5. The van der Waals surface area contributed by atoms with Crippen molar-refractivity contribution in [3.63, 3.8) is 0 Å². The van der Waals surface area contributed by atoms with Crippen molar-refractivity contribution < 1.29 is 19.8 Å². The summed E-state index contributed by atoms with van der Waals surface area (Å²) in [5, 5.41) is 25.1. The Bertz CT molecular complexity index is 546. The SMILES string of the molecule is N[C@H](Cc1ccccc1)[C@H](O)C(=O)NC(C(=O)O)C1CCNCC1. The molecule has 1 heterocycles. The second-order valence-electron chi connectivity index (χ2n) is 6.21. The number of carbonyl (C=O) groups is 2. The van der Waals surface area contributed by atoms with Crippen LogP contribution in [0.5, 0.6) is 0 Å². The molecule has 6 N–H and O–H groups in total. The van der Waals surface area contributed by atoms with E-state index in [1.54, 1.807) is 0 Å². The molecule has 1 amide bonds. The van der Waals surface area contributed by atoms with Crippen LogP contribution in [0.4, 0.5) is 0 Å².